The van der Waals surface area contributed by atoms with E-state index in [1.54, 1.807) is 52.4 Å². The minimum absolute atomic E-state index is 0.0357. The maximum absolute atomic E-state index is 12.9. The van der Waals surface area contributed by atoms with Crippen molar-refractivity contribution in [1.29, 1.82) is 0 Å². The number of Topliss-reactive ketones (excluding diaryl/α,β-unsaturated/α-hetero) is 2. The van der Waals surface area contributed by atoms with Crippen LogP contribution in [0.5, 0.6) is 5.75 Å². The summed E-state index contributed by atoms with van der Waals surface area (Å²) in [6.07, 6.45) is 1.24. The van der Waals surface area contributed by atoms with Gasteiger partial charge in [0.2, 0.25) is 11.6 Å². The SMILES string of the molecule is C[B]C1=C(C)c2occ(C(=O)c3ccc(OCCOC)cc3)c2C(=O)C1=O. The van der Waals surface area contributed by atoms with Crippen molar-refractivity contribution in [2.45, 2.75) is 13.7 Å². The number of carbonyl (C=O) groups excluding carboxylic acids is 3. The first-order valence-corrected chi connectivity index (χ1v) is 8.47. The first-order chi connectivity index (χ1) is 13.0. The van der Waals surface area contributed by atoms with E-state index in [0.717, 1.165) is 0 Å². The molecule has 1 aromatic carbocycles. The van der Waals surface area contributed by atoms with Crippen LogP contribution in [0.25, 0.3) is 5.57 Å². The summed E-state index contributed by atoms with van der Waals surface area (Å²) in [7, 11) is 3.16. The highest BCUT2D eigenvalue weighted by molar-refractivity contribution is 6.68. The van der Waals surface area contributed by atoms with E-state index in [-0.39, 0.29) is 22.7 Å². The van der Waals surface area contributed by atoms with Gasteiger partial charge in [0.25, 0.3) is 0 Å². The van der Waals surface area contributed by atoms with Crippen LogP contribution in [0.4, 0.5) is 0 Å². The lowest BCUT2D eigenvalue weighted by Crippen LogP contribution is -2.26. The fourth-order valence-corrected chi connectivity index (χ4v) is 3.00. The number of ether oxygens (including phenoxy) is 2. The van der Waals surface area contributed by atoms with Gasteiger partial charge in [-0.05, 0) is 42.2 Å². The Morgan fingerprint density at radius 2 is 1.81 bits per heavy atom. The summed E-state index contributed by atoms with van der Waals surface area (Å²) in [5.41, 5.74) is 1.35. The molecule has 3 rings (SSSR count). The van der Waals surface area contributed by atoms with Crippen LogP contribution in [0.3, 0.4) is 0 Å². The van der Waals surface area contributed by atoms with Crippen LogP contribution >= 0.6 is 0 Å². The molecule has 0 aliphatic heterocycles. The largest absolute Gasteiger partial charge is 0.491 e. The molecule has 1 aliphatic carbocycles. The molecule has 0 unspecified atom stereocenters. The van der Waals surface area contributed by atoms with Crippen LogP contribution in [0.1, 0.15) is 39.0 Å². The Bertz CT molecular complexity index is 936. The Balaban J connectivity index is 1.91. The number of hydrogen-bond acceptors (Lipinski definition) is 6. The van der Waals surface area contributed by atoms with Crippen molar-refractivity contribution < 1.29 is 28.3 Å². The standard InChI is InChI=1S/C20H18BO6/c1-11-16(21-2)19(24)18(23)15-14(10-27-20(11)15)17(22)12-4-6-13(7-5-12)26-9-8-25-3/h4-7,10H,8-9H2,1-3H3. The number of carbonyl (C=O) groups is 3. The Kier molecular flexibility index (Phi) is 5.42. The zero-order valence-electron chi connectivity index (χ0n) is 15.3. The highest BCUT2D eigenvalue weighted by Crippen LogP contribution is 2.33. The number of fused-ring (bicyclic) bond motifs is 1. The van der Waals surface area contributed by atoms with Crippen LogP contribution < -0.4 is 4.74 Å². The fraction of sp³-hybridized carbons (Fsp3) is 0.250. The molecule has 0 spiro atoms. The zero-order valence-corrected chi connectivity index (χ0v) is 15.3. The molecule has 1 aromatic heterocycles. The number of allylic oxidation sites excluding steroid dienone is 2. The maximum Gasteiger partial charge on any atom is 0.236 e. The van der Waals surface area contributed by atoms with E-state index in [1.165, 1.54) is 6.26 Å². The minimum atomic E-state index is -0.722. The van der Waals surface area contributed by atoms with E-state index >= 15 is 0 Å². The summed E-state index contributed by atoms with van der Waals surface area (Å²) in [5.74, 6) is -0.858. The highest BCUT2D eigenvalue weighted by atomic mass is 16.5. The van der Waals surface area contributed by atoms with Crippen molar-refractivity contribution in [1.82, 2.24) is 0 Å². The molecule has 0 N–H and O–H groups in total. The molecule has 0 saturated carbocycles. The molecular formula is C20H18BO6. The molecule has 0 amide bonds. The third kappa shape index (κ3) is 3.38. The van der Waals surface area contributed by atoms with Gasteiger partial charge >= 0.3 is 0 Å². The molecule has 0 bridgehead atoms. The van der Waals surface area contributed by atoms with Crippen LogP contribution in [0.15, 0.2) is 40.4 Å². The quantitative estimate of drug-likeness (QED) is 0.325. The summed E-state index contributed by atoms with van der Waals surface area (Å²) in [6, 6.07) is 6.54. The molecule has 7 heteroatoms. The van der Waals surface area contributed by atoms with Crippen molar-refractivity contribution in [2.75, 3.05) is 20.3 Å². The van der Waals surface area contributed by atoms with Gasteiger partial charge in [-0.1, -0.05) is 6.82 Å². The second kappa shape index (κ2) is 7.76. The van der Waals surface area contributed by atoms with Crippen molar-refractivity contribution in [3.8, 4) is 5.75 Å². The van der Waals surface area contributed by atoms with E-state index in [2.05, 4.69) is 0 Å². The average Bonchev–Trinajstić information content (AvgIpc) is 3.12. The van der Waals surface area contributed by atoms with Crippen LogP contribution in [0.2, 0.25) is 6.82 Å². The second-order valence-electron chi connectivity index (χ2n) is 6.03. The van der Waals surface area contributed by atoms with E-state index < -0.39 is 11.6 Å². The lowest BCUT2D eigenvalue weighted by molar-refractivity contribution is -0.111. The summed E-state index contributed by atoms with van der Waals surface area (Å²) in [5, 5.41) is 0. The van der Waals surface area contributed by atoms with Gasteiger partial charge in [0.15, 0.2) is 13.1 Å². The van der Waals surface area contributed by atoms with Crippen molar-refractivity contribution in [2.24, 2.45) is 0 Å². The first kappa shape index (κ1) is 18.9. The minimum Gasteiger partial charge on any atom is -0.491 e. The Hall–Kier alpha value is -2.93. The van der Waals surface area contributed by atoms with Crippen LogP contribution in [-0.2, 0) is 9.53 Å². The number of ketones is 3. The van der Waals surface area contributed by atoms with Gasteiger partial charge in [0.05, 0.1) is 17.7 Å². The van der Waals surface area contributed by atoms with Crippen molar-refractivity contribution in [3.05, 3.63) is 58.5 Å². The maximum atomic E-state index is 12.9. The van der Waals surface area contributed by atoms with E-state index in [0.29, 0.717) is 35.6 Å². The molecule has 1 aliphatic rings. The monoisotopic (exact) mass is 365 g/mol. The normalized spacial score (nSPS) is 13.6. The molecule has 2 aromatic rings. The van der Waals surface area contributed by atoms with Crippen LogP contribution in [-0.4, -0.2) is 45.0 Å². The third-order valence-electron chi connectivity index (χ3n) is 4.42. The summed E-state index contributed by atoms with van der Waals surface area (Å²) in [4.78, 5) is 37.6. The number of furan rings is 1. The molecule has 137 valence electrons. The van der Waals surface area contributed by atoms with Gasteiger partial charge in [-0.25, -0.2) is 0 Å². The third-order valence-corrected chi connectivity index (χ3v) is 4.42. The molecule has 0 atom stereocenters. The summed E-state index contributed by atoms with van der Waals surface area (Å²) >= 11 is 0. The van der Waals surface area contributed by atoms with Gasteiger partial charge in [-0.15, -0.1) is 0 Å². The zero-order chi connectivity index (χ0) is 19.6. The van der Waals surface area contributed by atoms with Crippen molar-refractivity contribution >= 4 is 30.2 Å². The summed E-state index contributed by atoms with van der Waals surface area (Å²) in [6.45, 7) is 4.24. The topological polar surface area (TPSA) is 82.8 Å². The van der Waals surface area contributed by atoms with E-state index in [9.17, 15) is 14.4 Å². The van der Waals surface area contributed by atoms with Gasteiger partial charge < -0.3 is 13.9 Å². The van der Waals surface area contributed by atoms with Gasteiger partial charge in [-0.2, -0.15) is 0 Å². The fourth-order valence-electron chi connectivity index (χ4n) is 3.00. The lowest BCUT2D eigenvalue weighted by Gasteiger charge is -2.14. The Morgan fingerprint density at radius 1 is 1.11 bits per heavy atom. The number of methoxy groups -OCH3 is 1. The number of benzene rings is 1. The molecule has 6 nitrogen and oxygen atoms in total. The molecule has 27 heavy (non-hydrogen) atoms. The highest BCUT2D eigenvalue weighted by Gasteiger charge is 2.36. The lowest BCUT2D eigenvalue weighted by atomic mass is 9.64. The average molecular weight is 365 g/mol. The van der Waals surface area contributed by atoms with Gasteiger partial charge in [0.1, 0.15) is 24.4 Å². The molecule has 0 saturated heterocycles. The molecular weight excluding hydrogens is 347 g/mol. The van der Waals surface area contributed by atoms with Crippen molar-refractivity contribution in [3.63, 3.8) is 0 Å². The molecule has 1 heterocycles. The molecule has 1 radical (unpaired) electrons. The molecule has 0 fully saturated rings. The Morgan fingerprint density at radius 3 is 2.44 bits per heavy atom. The predicted molar refractivity (Wildman–Crippen MR) is 99.5 cm³/mol. The first-order valence-electron chi connectivity index (χ1n) is 8.47. The summed E-state index contributed by atoms with van der Waals surface area (Å²) < 4.78 is 15.9. The number of hydrogen-bond donors (Lipinski definition) is 0. The van der Waals surface area contributed by atoms with Gasteiger partial charge in [-0.3, -0.25) is 14.4 Å². The number of rotatable bonds is 7. The van der Waals surface area contributed by atoms with Crippen LogP contribution in [0, 0.1) is 0 Å². The second-order valence-corrected chi connectivity index (χ2v) is 6.03. The smallest absolute Gasteiger partial charge is 0.236 e. The van der Waals surface area contributed by atoms with E-state index in [4.69, 9.17) is 13.9 Å². The van der Waals surface area contributed by atoms with E-state index in [1.807, 2.05) is 0 Å². The Labute approximate surface area is 157 Å². The predicted octanol–water partition coefficient (Wildman–Crippen LogP) is 2.78. The van der Waals surface area contributed by atoms with Gasteiger partial charge in [0, 0.05) is 12.7 Å².